The van der Waals surface area contributed by atoms with Crippen molar-refractivity contribution in [1.82, 2.24) is 5.32 Å². The summed E-state index contributed by atoms with van der Waals surface area (Å²) in [6.07, 6.45) is 2.26. The Morgan fingerprint density at radius 3 is 2.44 bits per heavy atom. The predicted octanol–water partition coefficient (Wildman–Crippen LogP) is 3.26. The third-order valence-corrected chi connectivity index (χ3v) is 5.52. The second kappa shape index (κ2) is 8.44. The van der Waals surface area contributed by atoms with Crippen LogP contribution in [0.4, 0.5) is 5.69 Å². The van der Waals surface area contributed by atoms with Gasteiger partial charge >= 0.3 is 5.97 Å². The number of carboxylic acid groups (broad SMARTS) is 1. The Morgan fingerprint density at radius 1 is 1.15 bits per heavy atom. The topological polar surface area (TPSA) is 72.8 Å². The fraction of sp³-hybridized carbons (Fsp3) is 0.409. The molecule has 0 unspecified atom stereocenters. The van der Waals surface area contributed by atoms with E-state index < -0.39 is 12.0 Å². The molecule has 3 rings (SSSR count). The lowest BCUT2D eigenvalue weighted by atomic mass is 9.99. The van der Waals surface area contributed by atoms with Crippen molar-refractivity contribution in [2.75, 3.05) is 18.0 Å². The summed E-state index contributed by atoms with van der Waals surface area (Å²) in [5, 5.41) is 22.3. The number of phenols is 1. The standard InChI is InChI=1S/C22H28N2O3/c1-15-4-3-5-21(16(15)2)24-12-10-18(11-13-24)23-20(22(26)27)14-17-6-8-19(25)9-7-17/h3-9,18,20,23,25H,10-14H2,1-2H3,(H,26,27)/t20-/m0/s1. The maximum absolute atomic E-state index is 11.7. The van der Waals surface area contributed by atoms with Crippen LogP contribution in [0.2, 0.25) is 0 Å². The zero-order valence-electron chi connectivity index (χ0n) is 16.0. The van der Waals surface area contributed by atoms with Crippen LogP contribution in [-0.2, 0) is 11.2 Å². The van der Waals surface area contributed by atoms with Crippen LogP contribution >= 0.6 is 0 Å². The number of aliphatic carboxylic acids is 1. The molecular formula is C22H28N2O3. The van der Waals surface area contributed by atoms with Gasteiger partial charge in [-0.3, -0.25) is 4.79 Å². The van der Waals surface area contributed by atoms with Crippen molar-refractivity contribution < 1.29 is 15.0 Å². The summed E-state index contributed by atoms with van der Waals surface area (Å²) in [7, 11) is 0. The van der Waals surface area contributed by atoms with Crippen molar-refractivity contribution in [3.05, 3.63) is 59.2 Å². The fourth-order valence-electron chi connectivity index (χ4n) is 3.74. The quantitative estimate of drug-likeness (QED) is 0.730. The van der Waals surface area contributed by atoms with E-state index in [-0.39, 0.29) is 11.8 Å². The maximum Gasteiger partial charge on any atom is 0.321 e. The van der Waals surface area contributed by atoms with E-state index >= 15 is 0 Å². The molecule has 27 heavy (non-hydrogen) atoms. The molecule has 1 aliphatic heterocycles. The van der Waals surface area contributed by atoms with E-state index in [1.165, 1.54) is 16.8 Å². The molecule has 1 fully saturated rings. The summed E-state index contributed by atoms with van der Waals surface area (Å²) in [6.45, 7) is 6.14. The highest BCUT2D eigenvalue weighted by atomic mass is 16.4. The van der Waals surface area contributed by atoms with Crippen LogP contribution in [0.1, 0.15) is 29.5 Å². The molecule has 5 nitrogen and oxygen atoms in total. The first-order valence-electron chi connectivity index (χ1n) is 9.52. The second-order valence-electron chi connectivity index (χ2n) is 7.41. The average Bonchev–Trinajstić information content (AvgIpc) is 2.66. The number of nitrogens with zero attached hydrogens (tertiary/aromatic N) is 1. The lowest BCUT2D eigenvalue weighted by molar-refractivity contribution is -0.139. The SMILES string of the molecule is Cc1cccc(N2CCC(N[C@@H](Cc3ccc(O)cc3)C(=O)O)CC2)c1C. The Kier molecular flexibility index (Phi) is 6.01. The average molecular weight is 368 g/mol. The van der Waals surface area contributed by atoms with Gasteiger partial charge in [0.25, 0.3) is 0 Å². The number of aromatic hydroxyl groups is 1. The monoisotopic (exact) mass is 368 g/mol. The number of aryl methyl sites for hydroxylation is 1. The summed E-state index contributed by atoms with van der Waals surface area (Å²) < 4.78 is 0. The highest BCUT2D eigenvalue weighted by molar-refractivity contribution is 5.74. The molecule has 2 aromatic carbocycles. The number of carbonyl (C=O) groups is 1. The highest BCUT2D eigenvalue weighted by Crippen LogP contribution is 2.26. The van der Waals surface area contributed by atoms with Gasteiger partial charge in [-0.15, -0.1) is 0 Å². The fourth-order valence-corrected chi connectivity index (χ4v) is 3.74. The molecule has 1 atom stereocenters. The molecule has 5 heteroatoms. The lowest BCUT2D eigenvalue weighted by Gasteiger charge is -2.36. The van der Waals surface area contributed by atoms with Crippen molar-refractivity contribution in [3.63, 3.8) is 0 Å². The van der Waals surface area contributed by atoms with Crippen LogP contribution in [0.25, 0.3) is 0 Å². The molecule has 1 saturated heterocycles. The third-order valence-electron chi connectivity index (χ3n) is 5.52. The first-order chi connectivity index (χ1) is 12.9. The van der Waals surface area contributed by atoms with Gasteiger partial charge in [0.15, 0.2) is 0 Å². The molecule has 0 bridgehead atoms. The van der Waals surface area contributed by atoms with Gasteiger partial charge in [-0.25, -0.2) is 0 Å². The van der Waals surface area contributed by atoms with Gasteiger partial charge in [0.2, 0.25) is 0 Å². The zero-order valence-corrected chi connectivity index (χ0v) is 16.0. The summed E-state index contributed by atoms with van der Waals surface area (Å²) in [4.78, 5) is 14.1. The molecule has 1 heterocycles. The Hall–Kier alpha value is -2.53. The van der Waals surface area contributed by atoms with Crippen LogP contribution in [0, 0.1) is 13.8 Å². The minimum Gasteiger partial charge on any atom is -0.508 e. The van der Waals surface area contributed by atoms with Crippen LogP contribution in [0.3, 0.4) is 0 Å². The molecule has 0 saturated carbocycles. The van der Waals surface area contributed by atoms with Crippen LogP contribution in [0.15, 0.2) is 42.5 Å². The molecule has 0 amide bonds. The molecule has 0 spiro atoms. The van der Waals surface area contributed by atoms with E-state index in [2.05, 4.69) is 42.3 Å². The summed E-state index contributed by atoms with van der Waals surface area (Å²) in [6, 6.07) is 12.7. The number of carboxylic acids is 1. The Balaban J connectivity index is 1.58. The second-order valence-corrected chi connectivity index (χ2v) is 7.41. The van der Waals surface area contributed by atoms with Crippen LogP contribution in [-0.4, -0.2) is 41.4 Å². The Labute approximate surface area is 160 Å². The van der Waals surface area contributed by atoms with E-state index in [0.717, 1.165) is 31.5 Å². The number of hydrogen-bond donors (Lipinski definition) is 3. The number of hydrogen-bond acceptors (Lipinski definition) is 4. The van der Waals surface area contributed by atoms with E-state index in [4.69, 9.17) is 0 Å². The minimum absolute atomic E-state index is 0.192. The molecule has 2 aromatic rings. The molecule has 0 radical (unpaired) electrons. The third kappa shape index (κ3) is 4.80. The van der Waals surface area contributed by atoms with Crippen molar-refractivity contribution in [2.24, 2.45) is 0 Å². The molecule has 0 aliphatic carbocycles. The van der Waals surface area contributed by atoms with Gasteiger partial charge < -0.3 is 20.4 Å². The van der Waals surface area contributed by atoms with Gasteiger partial charge in [-0.05, 0) is 68.0 Å². The van der Waals surface area contributed by atoms with Gasteiger partial charge in [-0.1, -0.05) is 24.3 Å². The maximum atomic E-state index is 11.7. The summed E-state index contributed by atoms with van der Waals surface area (Å²) >= 11 is 0. The molecule has 3 N–H and O–H groups in total. The Bertz CT molecular complexity index is 781. The zero-order chi connectivity index (χ0) is 19.4. The van der Waals surface area contributed by atoms with Crippen LogP contribution < -0.4 is 10.2 Å². The number of piperidine rings is 1. The molecule has 144 valence electrons. The number of anilines is 1. The first kappa shape index (κ1) is 19.2. The van der Waals surface area contributed by atoms with Crippen LogP contribution in [0.5, 0.6) is 5.75 Å². The first-order valence-corrected chi connectivity index (χ1v) is 9.52. The van der Waals surface area contributed by atoms with Gasteiger partial charge in [0.1, 0.15) is 11.8 Å². The normalized spacial score (nSPS) is 16.3. The van der Waals surface area contributed by atoms with Crippen molar-refractivity contribution in [3.8, 4) is 5.75 Å². The number of benzene rings is 2. The number of rotatable bonds is 6. The number of phenolic OH excluding ortho intramolecular Hbond substituents is 1. The minimum atomic E-state index is -0.833. The smallest absolute Gasteiger partial charge is 0.321 e. The van der Waals surface area contributed by atoms with Gasteiger partial charge in [0, 0.05) is 24.8 Å². The molecule has 1 aliphatic rings. The number of nitrogens with one attached hydrogen (secondary N) is 1. The molecule has 0 aromatic heterocycles. The van der Waals surface area contributed by atoms with Crippen molar-refractivity contribution in [2.45, 2.75) is 45.2 Å². The van der Waals surface area contributed by atoms with Gasteiger partial charge in [-0.2, -0.15) is 0 Å². The summed E-state index contributed by atoms with van der Waals surface area (Å²) in [5.41, 5.74) is 4.81. The predicted molar refractivity (Wildman–Crippen MR) is 108 cm³/mol. The molecular weight excluding hydrogens is 340 g/mol. The highest BCUT2D eigenvalue weighted by Gasteiger charge is 2.26. The van der Waals surface area contributed by atoms with Crippen molar-refractivity contribution in [1.29, 1.82) is 0 Å². The van der Waals surface area contributed by atoms with E-state index in [0.29, 0.717) is 6.42 Å². The lowest BCUT2D eigenvalue weighted by Crippen LogP contribution is -2.49. The van der Waals surface area contributed by atoms with E-state index in [1.807, 2.05) is 0 Å². The van der Waals surface area contributed by atoms with Gasteiger partial charge in [0.05, 0.1) is 0 Å². The van der Waals surface area contributed by atoms with E-state index in [1.54, 1.807) is 24.3 Å². The largest absolute Gasteiger partial charge is 0.508 e. The van der Waals surface area contributed by atoms with Crippen molar-refractivity contribution >= 4 is 11.7 Å². The Morgan fingerprint density at radius 2 is 1.81 bits per heavy atom. The van der Waals surface area contributed by atoms with E-state index in [9.17, 15) is 15.0 Å². The summed E-state index contributed by atoms with van der Waals surface area (Å²) in [5.74, 6) is -0.641.